The number of amides is 1. The lowest BCUT2D eigenvalue weighted by Crippen LogP contribution is -2.40. The van der Waals surface area contributed by atoms with E-state index in [0.29, 0.717) is 24.5 Å². The van der Waals surface area contributed by atoms with Crippen LogP contribution in [0.2, 0.25) is 0 Å². The molecule has 254 valence electrons. The minimum absolute atomic E-state index is 0.0123. The summed E-state index contributed by atoms with van der Waals surface area (Å²) in [5, 5.41) is 12.5. The molecule has 0 saturated carbocycles. The van der Waals surface area contributed by atoms with Crippen molar-refractivity contribution in [3.8, 4) is 11.1 Å². The van der Waals surface area contributed by atoms with Gasteiger partial charge in [0.05, 0.1) is 18.0 Å². The Kier molecular flexibility index (Phi) is 11.3. The monoisotopic (exact) mass is 657 g/mol. The zero-order valence-electron chi connectivity index (χ0n) is 27.6. The molecule has 1 aliphatic rings. The molecule has 2 atom stereocenters. The number of aromatic nitrogens is 1. The number of fused-ring (bicyclic) bond motifs is 4. The highest BCUT2D eigenvalue weighted by Gasteiger charge is 2.36. The smallest absolute Gasteiger partial charge is 0.416 e. The maximum atomic E-state index is 15.9. The lowest BCUT2D eigenvalue weighted by Gasteiger charge is -2.26. The van der Waals surface area contributed by atoms with Gasteiger partial charge in [0, 0.05) is 24.4 Å². The van der Waals surface area contributed by atoms with E-state index >= 15 is 4.39 Å². The second-order valence-corrected chi connectivity index (χ2v) is 12.9. The topological polar surface area (TPSA) is 91.6 Å². The minimum atomic E-state index is -4.77. The molecule has 2 N–H and O–H groups in total. The molecule has 3 aromatic rings. The third-order valence-corrected chi connectivity index (χ3v) is 8.81. The summed E-state index contributed by atoms with van der Waals surface area (Å²) in [6, 6.07) is 5.43. The second kappa shape index (κ2) is 14.8. The number of hydrogen-bond acceptors (Lipinski definition) is 4. The molecule has 7 nitrogen and oxygen atoms in total. The molecule has 0 aliphatic carbocycles. The number of nitrogens with one attached hydrogen (secondary N) is 1. The summed E-state index contributed by atoms with van der Waals surface area (Å²) in [5.74, 6) is -2.71. The molecule has 0 spiro atoms. The van der Waals surface area contributed by atoms with Gasteiger partial charge in [-0.25, -0.2) is 4.39 Å². The lowest BCUT2D eigenvalue weighted by molar-refractivity contribution is -0.139. The fourth-order valence-corrected chi connectivity index (χ4v) is 6.59. The molecular formula is C36H43F4N3O4. The van der Waals surface area contributed by atoms with E-state index in [1.165, 1.54) is 0 Å². The zero-order chi connectivity index (χ0) is 34.6. The third kappa shape index (κ3) is 8.68. The van der Waals surface area contributed by atoms with Gasteiger partial charge in [-0.1, -0.05) is 37.0 Å². The highest BCUT2D eigenvalue weighted by molar-refractivity contribution is 5.82. The van der Waals surface area contributed by atoms with Gasteiger partial charge in [-0.05, 0) is 106 Å². The van der Waals surface area contributed by atoms with Crippen molar-refractivity contribution in [3.63, 3.8) is 0 Å². The number of benzene rings is 2. The van der Waals surface area contributed by atoms with E-state index < -0.39 is 53.5 Å². The molecule has 2 bridgehead atoms. The Balaban J connectivity index is 1.86. The number of carboxylic acids is 1. The number of aliphatic carboxylic acids is 1. The van der Waals surface area contributed by atoms with E-state index in [0.717, 1.165) is 52.3 Å². The summed E-state index contributed by atoms with van der Waals surface area (Å²) < 4.78 is 58.8. The van der Waals surface area contributed by atoms with Crippen molar-refractivity contribution < 1.29 is 32.3 Å². The van der Waals surface area contributed by atoms with Crippen molar-refractivity contribution in [3.05, 3.63) is 91.6 Å². The van der Waals surface area contributed by atoms with Crippen molar-refractivity contribution in [1.82, 2.24) is 14.8 Å². The van der Waals surface area contributed by atoms with Crippen molar-refractivity contribution in [2.24, 2.45) is 0 Å². The molecule has 0 fully saturated rings. The third-order valence-electron chi connectivity index (χ3n) is 8.81. The maximum absolute atomic E-state index is 15.9. The van der Waals surface area contributed by atoms with Gasteiger partial charge in [0.25, 0.3) is 5.56 Å². The zero-order valence-corrected chi connectivity index (χ0v) is 27.6. The van der Waals surface area contributed by atoms with Gasteiger partial charge >= 0.3 is 12.1 Å². The molecule has 47 heavy (non-hydrogen) atoms. The number of likely N-dealkylation sites (N-methyl/N-ethyl adjacent to an activating group) is 1. The maximum Gasteiger partial charge on any atom is 0.416 e. The van der Waals surface area contributed by atoms with Crippen LogP contribution >= 0.6 is 0 Å². The van der Waals surface area contributed by atoms with E-state index in [1.54, 1.807) is 38.1 Å². The summed E-state index contributed by atoms with van der Waals surface area (Å²) in [4.78, 5) is 41.0. The molecule has 11 heteroatoms. The van der Waals surface area contributed by atoms with Crippen LogP contribution in [-0.2, 0) is 28.6 Å². The van der Waals surface area contributed by atoms with Crippen LogP contribution in [0.1, 0.15) is 89.6 Å². The van der Waals surface area contributed by atoms with Gasteiger partial charge in [0.2, 0.25) is 5.91 Å². The van der Waals surface area contributed by atoms with Crippen molar-refractivity contribution >= 4 is 11.9 Å². The lowest BCUT2D eigenvalue weighted by atomic mass is 9.87. The number of carbonyl (C=O) groups excluding carboxylic acids is 1. The number of rotatable bonds is 6. The normalized spacial score (nSPS) is 17.9. The van der Waals surface area contributed by atoms with Gasteiger partial charge in [-0.3, -0.25) is 14.4 Å². The summed E-state index contributed by atoms with van der Waals surface area (Å²) in [7, 11) is 3.44. The summed E-state index contributed by atoms with van der Waals surface area (Å²) in [6.45, 7) is 5.85. The van der Waals surface area contributed by atoms with Crippen molar-refractivity contribution in [2.45, 2.75) is 90.4 Å². The Morgan fingerprint density at radius 1 is 1.00 bits per heavy atom. The summed E-state index contributed by atoms with van der Waals surface area (Å²) in [5.41, 5.74) is 2.89. The first-order valence-electron chi connectivity index (χ1n) is 16.0. The van der Waals surface area contributed by atoms with Gasteiger partial charge in [-0.15, -0.1) is 0 Å². The van der Waals surface area contributed by atoms with Crippen LogP contribution in [0.25, 0.3) is 11.1 Å². The van der Waals surface area contributed by atoms with E-state index in [4.69, 9.17) is 0 Å². The Labute approximate surface area is 272 Å². The van der Waals surface area contributed by atoms with E-state index in [-0.39, 0.29) is 36.1 Å². The quantitative estimate of drug-likeness (QED) is 0.277. The number of carbonyl (C=O) groups is 2. The van der Waals surface area contributed by atoms with E-state index in [9.17, 15) is 32.7 Å². The Morgan fingerprint density at radius 2 is 1.70 bits per heavy atom. The largest absolute Gasteiger partial charge is 0.481 e. The van der Waals surface area contributed by atoms with Crippen LogP contribution in [0.15, 0.2) is 41.3 Å². The van der Waals surface area contributed by atoms with Crippen molar-refractivity contribution in [2.75, 3.05) is 20.6 Å². The van der Waals surface area contributed by atoms with Gasteiger partial charge < -0.3 is 19.9 Å². The van der Waals surface area contributed by atoms with Crippen LogP contribution in [0.3, 0.4) is 0 Å². The number of hydrogen-bond donors (Lipinski definition) is 2. The average molecular weight is 658 g/mol. The second-order valence-electron chi connectivity index (χ2n) is 12.9. The van der Waals surface area contributed by atoms with Crippen LogP contribution in [0, 0.1) is 26.6 Å². The number of alkyl halides is 3. The summed E-state index contributed by atoms with van der Waals surface area (Å²) in [6.07, 6.45) is -0.629. The molecule has 1 aromatic heterocycles. The molecule has 2 heterocycles. The molecule has 0 saturated heterocycles. The fourth-order valence-electron chi connectivity index (χ4n) is 6.59. The molecular weight excluding hydrogens is 614 g/mol. The highest BCUT2D eigenvalue weighted by Crippen LogP contribution is 2.36. The first-order chi connectivity index (χ1) is 22.1. The average Bonchev–Trinajstić information content (AvgIpc) is 2.96. The molecule has 1 amide bonds. The molecule has 0 radical (unpaired) electrons. The van der Waals surface area contributed by atoms with Crippen LogP contribution < -0.4 is 10.9 Å². The van der Waals surface area contributed by atoms with Crippen LogP contribution in [-0.4, -0.2) is 47.1 Å². The Bertz CT molecular complexity index is 1700. The number of pyridine rings is 1. The van der Waals surface area contributed by atoms with E-state index in [2.05, 4.69) is 11.4 Å². The number of halogens is 4. The van der Waals surface area contributed by atoms with E-state index in [1.807, 2.05) is 19.9 Å². The molecule has 1 aliphatic heterocycles. The van der Waals surface area contributed by atoms with Crippen LogP contribution in [0.5, 0.6) is 0 Å². The molecule has 0 unspecified atom stereocenters. The molecule has 2 aromatic carbocycles. The first kappa shape index (κ1) is 35.9. The standard InChI is InChI=1S/C36H43F4N3O4/c1-21-14-22(2)33-24(15-21)10-8-6-7-9-11-30(43-20-25(12-13-42(4)5)28(18-31(43)44)36(38,39)40)35(47)41-29(19-32(45)46)27-17-26(33)16-23(3)34(27)37/h14-18,20,29-30H,6-13,19H2,1-5H3,(H,41,47)(H,45,46)/t29-,30-/m0/s1. The van der Waals surface area contributed by atoms with Crippen LogP contribution in [0.4, 0.5) is 17.6 Å². The number of carboxylic acid groups (broad SMARTS) is 1. The van der Waals surface area contributed by atoms with Crippen molar-refractivity contribution in [1.29, 1.82) is 0 Å². The fraction of sp³-hybridized carbons (Fsp3) is 0.472. The SMILES string of the molecule is Cc1cc(C)c2c(c1)CCCCCC[C@H](n1cc(CCN(C)C)c(C(F)(F)F)cc1=O)C(=O)N[C@@H](CC(=O)O)c1cc-2cc(C)c1F. The van der Waals surface area contributed by atoms with Gasteiger partial charge in [0.15, 0.2) is 0 Å². The Morgan fingerprint density at radius 3 is 2.36 bits per heavy atom. The first-order valence-corrected chi connectivity index (χ1v) is 16.0. The summed E-state index contributed by atoms with van der Waals surface area (Å²) >= 11 is 0. The predicted octanol–water partition coefficient (Wildman–Crippen LogP) is 7.08. The number of aryl methyl sites for hydroxylation is 4. The van der Waals surface area contributed by atoms with Gasteiger partial charge in [-0.2, -0.15) is 13.2 Å². The Hall–Kier alpha value is -3.99. The highest BCUT2D eigenvalue weighted by atomic mass is 19.4. The molecule has 4 rings (SSSR count). The van der Waals surface area contributed by atoms with Gasteiger partial charge in [0.1, 0.15) is 11.9 Å². The number of nitrogens with zero attached hydrogens (tertiary/aromatic N) is 2. The minimum Gasteiger partial charge on any atom is -0.481 e. The predicted molar refractivity (Wildman–Crippen MR) is 173 cm³/mol.